The summed E-state index contributed by atoms with van der Waals surface area (Å²) in [7, 11) is 0. The van der Waals surface area contributed by atoms with Gasteiger partial charge in [-0.1, -0.05) is 31.5 Å². The molecule has 1 saturated heterocycles. The predicted octanol–water partition coefficient (Wildman–Crippen LogP) is 2.88. The molecule has 16 heavy (non-hydrogen) atoms. The molecule has 1 aliphatic rings. The van der Waals surface area contributed by atoms with Crippen LogP contribution in [0.2, 0.25) is 0 Å². The molecule has 0 bridgehead atoms. The Morgan fingerprint density at radius 2 is 2.06 bits per heavy atom. The average molecular weight is 217 g/mol. The highest BCUT2D eigenvalue weighted by Gasteiger charge is 2.26. The van der Waals surface area contributed by atoms with E-state index in [1.807, 2.05) is 6.07 Å². The van der Waals surface area contributed by atoms with Gasteiger partial charge in [-0.05, 0) is 18.6 Å². The summed E-state index contributed by atoms with van der Waals surface area (Å²) >= 11 is 0. The van der Waals surface area contributed by atoms with Crippen molar-refractivity contribution in [2.24, 2.45) is 5.92 Å². The van der Waals surface area contributed by atoms with Crippen molar-refractivity contribution in [2.75, 3.05) is 18.0 Å². The van der Waals surface area contributed by atoms with Crippen LogP contribution in [-0.4, -0.2) is 18.9 Å². The number of para-hydroxylation sites is 1. The molecule has 2 nitrogen and oxygen atoms in total. The minimum atomic E-state index is 0.249. The van der Waals surface area contributed by atoms with Crippen molar-refractivity contribution in [2.45, 2.75) is 26.2 Å². The fourth-order valence-electron chi connectivity index (χ4n) is 2.38. The zero-order valence-corrected chi connectivity index (χ0v) is 9.86. The maximum atomic E-state index is 11.7. The van der Waals surface area contributed by atoms with Crippen LogP contribution in [0.25, 0.3) is 0 Å². The van der Waals surface area contributed by atoms with Crippen LogP contribution in [0, 0.1) is 5.92 Å². The number of carbonyl (C=O) groups excluding carboxylic acids is 1. The molecule has 1 aromatic rings. The van der Waals surface area contributed by atoms with E-state index in [0.29, 0.717) is 12.2 Å². The first-order chi connectivity index (χ1) is 7.81. The zero-order chi connectivity index (χ0) is 11.4. The third-order valence-corrected chi connectivity index (χ3v) is 3.28. The van der Waals surface area contributed by atoms with Crippen LogP contribution in [0.1, 0.15) is 26.2 Å². The van der Waals surface area contributed by atoms with Crippen molar-refractivity contribution >= 4 is 11.5 Å². The molecular weight excluding hydrogens is 198 g/mol. The standard InChI is InChI=1S/C14H19NO/c1-2-6-12-11-15(10-9-14(12)16)13-7-4-3-5-8-13/h3-5,7-8,12H,2,6,9-11H2,1H3/t12-/m0/s1. The molecule has 1 heterocycles. The minimum absolute atomic E-state index is 0.249. The second kappa shape index (κ2) is 5.15. The molecule has 2 heteroatoms. The van der Waals surface area contributed by atoms with Gasteiger partial charge < -0.3 is 4.90 Å². The first-order valence-electron chi connectivity index (χ1n) is 6.14. The number of carbonyl (C=O) groups is 1. The van der Waals surface area contributed by atoms with Crippen LogP contribution in [0.15, 0.2) is 30.3 Å². The Morgan fingerprint density at radius 3 is 2.75 bits per heavy atom. The molecule has 0 saturated carbocycles. The molecule has 1 atom stereocenters. The second-order valence-electron chi connectivity index (χ2n) is 4.48. The normalized spacial score (nSPS) is 21.2. The van der Waals surface area contributed by atoms with Gasteiger partial charge in [0.2, 0.25) is 0 Å². The summed E-state index contributed by atoms with van der Waals surface area (Å²) in [5.41, 5.74) is 1.25. The second-order valence-corrected chi connectivity index (χ2v) is 4.48. The van der Waals surface area contributed by atoms with Crippen molar-refractivity contribution in [3.8, 4) is 0 Å². The number of anilines is 1. The molecule has 86 valence electrons. The van der Waals surface area contributed by atoms with E-state index in [4.69, 9.17) is 0 Å². The molecule has 1 aromatic carbocycles. The molecule has 0 spiro atoms. The number of hydrogen-bond donors (Lipinski definition) is 0. The molecule has 1 aliphatic heterocycles. The smallest absolute Gasteiger partial charge is 0.139 e. The van der Waals surface area contributed by atoms with Gasteiger partial charge in [-0.15, -0.1) is 0 Å². The van der Waals surface area contributed by atoms with Crippen LogP contribution in [0.3, 0.4) is 0 Å². The lowest BCUT2D eigenvalue weighted by molar-refractivity contribution is -0.123. The number of nitrogens with zero attached hydrogens (tertiary/aromatic N) is 1. The molecule has 0 unspecified atom stereocenters. The number of ketones is 1. The van der Waals surface area contributed by atoms with Gasteiger partial charge in [0.1, 0.15) is 5.78 Å². The Kier molecular flexibility index (Phi) is 3.60. The molecule has 1 fully saturated rings. The van der Waals surface area contributed by atoms with E-state index in [9.17, 15) is 4.79 Å². The molecule has 0 aromatic heterocycles. The van der Waals surface area contributed by atoms with Crippen LogP contribution in [-0.2, 0) is 4.79 Å². The highest BCUT2D eigenvalue weighted by Crippen LogP contribution is 2.23. The largest absolute Gasteiger partial charge is 0.370 e. The van der Waals surface area contributed by atoms with Crippen molar-refractivity contribution in [3.63, 3.8) is 0 Å². The van der Waals surface area contributed by atoms with Crippen LogP contribution in [0.4, 0.5) is 5.69 Å². The lowest BCUT2D eigenvalue weighted by Crippen LogP contribution is -2.40. The first-order valence-corrected chi connectivity index (χ1v) is 6.14. The summed E-state index contributed by atoms with van der Waals surface area (Å²) in [4.78, 5) is 14.1. The fraction of sp³-hybridized carbons (Fsp3) is 0.500. The topological polar surface area (TPSA) is 20.3 Å². The highest BCUT2D eigenvalue weighted by molar-refractivity contribution is 5.83. The molecule has 0 amide bonds. The molecule has 0 N–H and O–H groups in total. The Morgan fingerprint density at radius 1 is 1.31 bits per heavy atom. The maximum Gasteiger partial charge on any atom is 0.139 e. The summed E-state index contributed by atoms with van der Waals surface area (Å²) < 4.78 is 0. The molecule has 2 rings (SSSR count). The number of hydrogen-bond acceptors (Lipinski definition) is 2. The molecule has 0 radical (unpaired) electrons. The van der Waals surface area contributed by atoms with Gasteiger partial charge in [0.05, 0.1) is 0 Å². The van der Waals surface area contributed by atoms with Crippen LogP contribution >= 0.6 is 0 Å². The van der Waals surface area contributed by atoms with Gasteiger partial charge in [-0.25, -0.2) is 0 Å². The quantitative estimate of drug-likeness (QED) is 0.776. The van der Waals surface area contributed by atoms with Gasteiger partial charge in [0, 0.05) is 31.1 Å². The van der Waals surface area contributed by atoms with E-state index in [-0.39, 0.29) is 5.92 Å². The lowest BCUT2D eigenvalue weighted by atomic mass is 9.92. The Balaban J connectivity index is 2.05. The fourth-order valence-corrected chi connectivity index (χ4v) is 2.38. The summed E-state index contributed by atoms with van der Waals surface area (Å²) in [5, 5.41) is 0. The number of piperidine rings is 1. The summed E-state index contributed by atoms with van der Waals surface area (Å²) in [6, 6.07) is 10.4. The summed E-state index contributed by atoms with van der Waals surface area (Å²) in [6.45, 7) is 3.93. The van der Waals surface area contributed by atoms with Gasteiger partial charge in [0.25, 0.3) is 0 Å². The first kappa shape index (κ1) is 11.2. The monoisotopic (exact) mass is 217 g/mol. The van der Waals surface area contributed by atoms with E-state index >= 15 is 0 Å². The van der Waals surface area contributed by atoms with Crippen molar-refractivity contribution in [1.29, 1.82) is 0 Å². The third-order valence-electron chi connectivity index (χ3n) is 3.28. The maximum absolute atomic E-state index is 11.7. The van der Waals surface area contributed by atoms with Crippen LogP contribution < -0.4 is 4.90 Å². The van der Waals surface area contributed by atoms with Crippen molar-refractivity contribution < 1.29 is 4.79 Å². The number of benzene rings is 1. The van der Waals surface area contributed by atoms with E-state index in [0.717, 1.165) is 25.9 Å². The predicted molar refractivity (Wildman–Crippen MR) is 66.7 cm³/mol. The van der Waals surface area contributed by atoms with Gasteiger partial charge in [-0.3, -0.25) is 4.79 Å². The molecule has 0 aliphatic carbocycles. The molecular formula is C14H19NO. The van der Waals surface area contributed by atoms with Gasteiger partial charge in [-0.2, -0.15) is 0 Å². The van der Waals surface area contributed by atoms with Crippen molar-refractivity contribution in [3.05, 3.63) is 30.3 Å². The number of Topliss-reactive ketones (excluding diaryl/α,β-unsaturated/α-hetero) is 1. The SMILES string of the molecule is CCC[C@H]1CN(c2ccccc2)CCC1=O. The van der Waals surface area contributed by atoms with E-state index in [1.54, 1.807) is 0 Å². The van der Waals surface area contributed by atoms with Gasteiger partial charge in [0.15, 0.2) is 0 Å². The Hall–Kier alpha value is -1.31. The third kappa shape index (κ3) is 2.43. The van der Waals surface area contributed by atoms with E-state index in [1.165, 1.54) is 5.69 Å². The minimum Gasteiger partial charge on any atom is -0.370 e. The van der Waals surface area contributed by atoms with E-state index < -0.39 is 0 Å². The Bertz CT molecular complexity index is 347. The van der Waals surface area contributed by atoms with Crippen molar-refractivity contribution in [1.82, 2.24) is 0 Å². The summed E-state index contributed by atoms with van der Waals surface area (Å²) in [6.07, 6.45) is 2.83. The highest BCUT2D eigenvalue weighted by atomic mass is 16.1. The van der Waals surface area contributed by atoms with Gasteiger partial charge >= 0.3 is 0 Å². The lowest BCUT2D eigenvalue weighted by Gasteiger charge is -2.33. The summed E-state index contributed by atoms with van der Waals surface area (Å²) in [5.74, 6) is 0.702. The Labute approximate surface area is 97.3 Å². The van der Waals surface area contributed by atoms with Crippen LogP contribution in [0.5, 0.6) is 0 Å². The zero-order valence-electron chi connectivity index (χ0n) is 9.86. The van der Waals surface area contributed by atoms with E-state index in [2.05, 4.69) is 36.1 Å². The number of rotatable bonds is 3. The average Bonchev–Trinajstić information content (AvgIpc) is 2.33.